The van der Waals surface area contributed by atoms with Crippen LogP contribution in [0.3, 0.4) is 0 Å². The summed E-state index contributed by atoms with van der Waals surface area (Å²) in [6.07, 6.45) is 2.34. The van der Waals surface area contributed by atoms with Gasteiger partial charge in [-0.05, 0) is 43.5 Å². The van der Waals surface area contributed by atoms with E-state index in [0.717, 1.165) is 30.8 Å². The summed E-state index contributed by atoms with van der Waals surface area (Å²) < 4.78 is 0. The molecule has 2 atom stereocenters. The van der Waals surface area contributed by atoms with E-state index < -0.39 is 5.60 Å². The van der Waals surface area contributed by atoms with Crippen LogP contribution in [0.25, 0.3) is 0 Å². The second kappa shape index (κ2) is 5.94. The van der Waals surface area contributed by atoms with Gasteiger partial charge in [-0.2, -0.15) is 0 Å². The van der Waals surface area contributed by atoms with Gasteiger partial charge in [-0.1, -0.05) is 60.1 Å². The third-order valence-electron chi connectivity index (χ3n) is 5.69. The Morgan fingerprint density at radius 1 is 0.957 bits per heavy atom. The van der Waals surface area contributed by atoms with E-state index in [2.05, 4.69) is 4.90 Å². The molecular weight excluding hydrogens is 306 g/mol. The van der Waals surface area contributed by atoms with Crippen LogP contribution in [-0.4, -0.2) is 29.6 Å². The molecule has 0 radical (unpaired) electrons. The summed E-state index contributed by atoms with van der Waals surface area (Å²) >= 11 is 6.51. The number of piperidine rings is 3. The molecule has 1 N–H and O–H groups in total. The van der Waals surface area contributed by atoms with Crippen LogP contribution in [0.1, 0.15) is 24.0 Å². The Kier molecular flexibility index (Phi) is 3.92. The average Bonchev–Trinajstić information content (AvgIpc) is 2.63. The number of hydrogen-bond donors (Lipinski definition) is 1. The van der Waals surface area contributed by atoms with Crippen molar-refractivity contribution in [3.63, 3.8) is 0 Å². The Balaban J connectivity index is 1.86. The Bertz CT molecular complexity index is 681. The van der Waals surface area contributed by atoms with Crippen molar-refractivity contribution >= 4 is 11.6 Å². The van der Waals surface area contributed by atoms with E-state index in [1.165, 1.54) is 12.8 Å². The third-order valence-corrected chi connectivity index (χ3v) is 6.02. The van der Waals surface area contributed by atoms with Gasteiger partial charge in [-0.25, -0.2) is 0 Å². The van der Waals surface area contributed by atoms with Crippen molar-refractivity contribution in [1.29, 1.82) is 0 Å². The predicted molar refractivity (Wildman–Crippen MR) is 93.5 cm³/mol. The van der Waals surface area contributed by atoms with Gasteiger partial charge in [-0.3, -0.25) is 0 Å². The second-order valence-electron chi connectivity index (χ2n) is 6.86. The molecule has 2 bridgehead atoms. The minimum absolute atomic E-state index is 0.187. The summed E-state index contributed by atoms with van der Waals surface area (Å²) in [5, 5.41) is 12.6. The monoisotopic (exact) mass is 327 g/mol. The maximum Gasteiger partial charge on any atom is 0.120 e. The molecule has 2 nitrogen and oxygen atoms in total. The lowest BCUT2D eigenvalue weighted by Gasteiger charge is -2.51. The van der Waals surface area contributed by atoms with Crippen molar-refractivity contribution in [2.45, 2.75) is 18.4 Å². The van der Waals surface area contributed by atoms with Crippen LogP contribution in [0.4, 0.5) is 0 Å². The molecule has 3 aliphatic heterocycles. The van der Waals surface area contributed by atoms with E-state index >= 15 is 0 Å². The molecule has 0 aliphatic carbocycles. The quantitative estimate of drug-likeness (QED) is 0.923. The highest BCUT2D eigenvalue weighted by atomic mass is 35.5. The first-order chi connectivity index (χ1) is 11.2. The van der Waals surface area contributed by atoms with Gasteiger partial charge in [0.05, 0.1) is 0 Å². The Morgan fingerprint density at radius 2 is 1.61 bits per heavy atom. The van der Waals surface area contributed by atoms with E-state index in [-0.39, 0.29) is 5.92 Å². The minimum Gasteiger partial charge on any atom is -0.380 e. The molecule has 3 saturated heterocycles. The lowest BCUT2D eigenvalue weighted by atomic mass is 9.65. The van der Waals surface area contributed by atoms with Crippen molar-refractivity contribution in [3.8, 4) is 0 Å². The number of nitrogens with zero attached hydrogens (tertiary/aromatic N) is 1. The summed E-state index contributed by atoms with van der Waals surface area (Å²) in [4.78, 5) is 2.48. The molecule has 2 aromatic carbocycles. The van der Waals surface area contributed by atoms with E-state index in [1.54, 1.807) is 0 Å². The first kappa shape index (κ1) is 15.2. The summed E-state index contributed by atoms with van der Waals surface area (Å²) in [7, 11) is 0. The Morgan fingerprint density at radius 3 is 2.22 bits per heavy atom. The Labute approximate surface area is 142 Å². The molecule has 0 unspecified atom stereocenters. The molecule has 3 fully saturated rings. The zero-order chi connectivity index (χ0) is 15.9. The zero-order valence-corrected chi connectivity index (χ0v) is 13.9. The van der Waals surface area contributed by atoms with Gasteiger partial charge in [0.15, 0.2) is 0 Å². The number of rotatable bonds is 3. The fraction of sp³-hybridized carbons (Fsp3) is 0.400. The highest BCUT2D eigenvalue weighted by Gasteiger charge is 2.49. The summed E-state index contributed by atoms with van der Waals surface area (Å²) in [5.41, 5.74) is 0.766. The van der Waals surface area contributed by atoms with Crippen LogP contribution in [-0.2, 0) is 5.60 Å². The highest BCUT2D eigenvalue weighted by molar-refractivity contribution is 6.31. The smallest absolute Gasteiger partial charge is 0.120 e. The third kappa shape index (κ3) is 2.50. The van der Waals surface area contributed by atoms with Crippen molar-refractivity contribution in [2.75, 3.05) is 19.6 Å². The topological polar surface area (TPSA) is 23.5 Å². The normalized spacial score (nSPS) is 29.2. The zero-order valence-electron chi connectivity index (χ0n) is 13.2. The predicted octanol–water partition coefficient (Wildman–Crippen LogP) is 3.92. The van der Waals surface area contributed by atoms with Gasteiger partial charge in [0.25, 0.3) is 0 Å². The average molecular weight is 328 g/mol. The molecule has 0 aromatic heterocycles. The Hall–Kier alpha value is -1.35. The summed E-state index contributed by atoms with van der Waals surface area (Å²) in [5.74, 6) is 0.744. The molecule has 120 valence electrons. The second-order valence-corrected chi connectivity index (χ2v) is 7.26. The number of benzene rings is 2. The molecule has 0 saturated carbocycles. The summed E-state index contributed by atoms with van der Waals surface area (Å²) in [6.45, 7) is 3.27. The maximum atomic E-state index is 12.0. The van der Waals surface area contributed by atoms with Gasteiger partial charge in [0.1, 0.15) is 5.60 Å². The molecule has 5 rings (SSSR count). The van der Waals surface area contributed by atoms with Crippen LogP contribution in [0.5, 0.6) is 0 Å². The molecule has 0 amide bonds. The van der Waals surface area contributed by atoms with Gasteiger partial charge in [0.2, 0.25) is 0 Å². The molecule has 0 spiro atoms. The SMILES string of the molecule is O[C@](c1ccccc1)(c1ccccc1Cl)[C@@H]1CN2CCC1CC2. The highest BCUT2D eigenvalue weighted by Crippen LogP contribution is 2.48. The summed E-state index contributed by atoms with van der Waals surface area (Å²) in [6, 6.07) is 17.8. The standard InChI is InChI=1S/C20H22ClNO/c21-19-9-5-4-8-17(19)20(23,16-6-2-1-3-7-16)18-14-22-12-10-15(18)11-13-22/h1-9,15,18,23H,10-14H2/t18-,20-/m1/s1. The minimum atomic E-state index is -1.02. The number of fused-ring (bicyclic) bond motifs is 3. The first-order valence-electron chi connectivity index (χ1n) is 8.45. The van der Waals surface area contributed by atoms with Gasteiger partial charge in [-0.15, -0.1) is 0 Å². The van der Waals surface area contributed by atoms with Crippen LogP contribution in [0.2, 0.25) is 5.02 Å². The van der Waals surface area contributed by atoms with E-state index in [9.17, 15) is 5.11 Å². The van der Waals surface area contributed by atoms with Crippen LogP contribution < -0.4 is 0 Å². The fourth-order valence-electron chi connectivity index (χ4n) is 4.47. The lowest BCUT2D eigenvalue weighted by Crippen LogP contribution is -2.55. The molecule has 23 heavy (non-hydrogen) atoms. The van der Waals surface area contributed by atoms with Crippen LogP contribution >= 0.6 is 11.6 Å². The van der Waals surface area contributed by atoms with Gasteiger partial charge in [0, 0.05) is 23.0 Å². The van der Waals surface area contributed by atoms with Crippen molar-refractivity contribution < 1.29 is 5.11 Å². The van der Waals surface area contributed by atoms with Gasteiger partial charge < -0.3 is 10.0 Å². The molecule has 3 aliphatic rings. The maximum absolute atomic E-state index is 12.0. The van der Waals surface area contributed by atoms with Crippen molar-refractivity contribution in [2.24, 2.45) is 11.8 Å². The molecule has 3 heteroatoms. The first-order valence-corrected chi connectivity index (χ1v) is 8.82. The van der Waals surface area contributed by atoms with E-state index in [1.807, 2.05) is 54.6 Å². The number of halogens is 1. The van der Waals surface area contributed by atoms with Crippen molar-refractivity contribution in [3.05, 3.63) is 70.7 Å². The lowest BCUT2D eigenvalue weighted by molar-refractivity contribution is -0.0763. The van der Waals surface area contributed by atoms with E-state index in [4.69, 9.17) is 11.6 Å². The van der Waals surface area contributed by atoms with Crippen molar-refractivity contribution in [1.82, 2.24) is 4.90 Å². The van der Waals surface area contributed by atoms with Crippen LogP contribution in [0, 0.1) is 11.8 Å². The van der Waals surface area contributed by atoms with Gasteiger partial charge >= 0.3 is 0 Å². The largest absolute Gasteiger partial charge is 0.380 e. The van der Waals surface area contributed by atoms with Crippen LogP contribution in [0.15, 0.2) is 54.6 Å². The number of hydrogen-bond acceptors (Lipinski definition) is 2. The number of aliphatic hydroxyl groups is 1. The molecule has 3 heterocycles. The molecular formula is C20H22ClNO. The fourth-order valence-corrected chi connectivity index (χ4v) is 4.75. The molecule has 2 aromatic rings. The van der Waals surface area contributed by atoms with E-state index in [0.29, 0.717) is 10.9 Å².